The normalized spacial score (nSPS) is 16.7. The summed E-state index contributed by atoms with van der Waals surface area (Å²) in [7, 11) is 0. The Balaban J connectivity index is 1.98. The van der Waals surface area contributed by atoms with Crippen molar-refractivity contribution in [2.75, 3.05) is 0 Å². The number of nitrogens with zero attached hydrogens (tertiary/aromatic N) is 3. The molecule has 0 saturated carbocycles. The number of aliphatic hydroxyl groups is 1. The maximum atomic E-state index is 10.5. The molecule has 0 saturated heterocycles. The average Bonchev–Trinajstić information content (AvgIpc) is 2.49. The van der Waals surface area contributed by atoms with E-state index < -0.39 is 6.23 Å². The highest BCUT2D eigenvalue weighted by molar-refractivity contribution is 6.36. The van der Waals surface area contributed by atoms with Gasteiger partial charge in [-0.3, -0.25) is 4.98 Å². The number of hydrogen-bond donors (Lipinski definition) is 2. The summed E-state index contributed by atoms with van der Waals surface area (Å²) < 4.78 is 0. The molecule has 1 aromatic heterocycles. The number of aliphatic imine (C=N–C) groups is 1. The van der Waals surface area contributed by atoms with E-state index in [2.05, 4.69) is 9.98 Å². The summed E-state index contributed by atoms with van der Waals surface area (Å²) in [5.74, 6) is -0.190. The number of aromatic nitrogens is 1. The Labute approximate surface area is 137 Å². The van der Waals surface area contributed by atoms with Crippen LogP contribution in [-0.2, 0) is 6.54 Å². The first-order valence-corrected chi connectivity index (χ1v) is 7.34. The number of phenolic OH excluding ortho intramolecular Hbond substituents is 1. The summed E-state index contributed by atoms with van der Waals surface area (Å²) in [4.78, 5) is 10.1. The average molecular weight is 338 g/mol. The van der Waals surface area contributed by atoms with Gasteiger partial charge < -0.3 is 15.1 Å². The molecule has 1 aromatic carbocycles. The molecule has 0 radical (unpaired) electrons. The van der Waals surface area contributed by atoms with Crippen LogP contribution < -0.4 is 0 Å². The Bertz CT molecular complexity index is 765. The number of phenols is 1. The lowest BCUT2D eigenvalue weighted by molar-refractivity contribution is 0.0486. The molecule has 0 spiro atoms. The van der Waals surface area contributed by atoms with Gasteiger partial charge in [0.1, 0.15) is 5.69 Å². The van der Waals surface area contributed by atoms with E-state index in [1.165, 1.54) is 12.4 Å². The highest BCUT2D eigenvalue weighted by atomic mass is 35.5. The van der Waals surface area contributed by atoms with Crippen molar-refractivity contribution >= 4 is 35.2 Å². The Hall–Kier alpha value is -1.82. The molecule has 3 rings (SSSR count). The Morgan fingerprint density at radius 1 is 1.32 bits per heavy atom. The lowest BCUT2D eigenvalue weighted by atomic mass is 10.1. The van der Waals surface area contributed by atoms with Crippen molar-refractivity contribution in [2.24, 2.45) is 4.99 Å². The molecule has 5 nitrogen and oxygen atoms in total. The van der Waals surface area contributed by atoms with Crippen molar-refractivity contribution in [3.8, 4) is 5.75 Å². The van der Waals surface area contributed by atoms with Crippen molar-refractivity contribution in [3.63, 3.8) is 0 Å². The van der Waals surface area contributed by atoms with E-state index in [1.54, 1.807) is 11.1 Å². The number of pyridine rings is 1. The molecule has 1 aliphatic rings. The van der Waals surface area contributed by atoms with Crippen LogP contribution in [0.3, 0.4) is 0 Å². The zero-order chi connectivity index (χ0) is 15.9. The van der Waals surface area contributed by atoms with Crippen LogP contribution in [-0.4, -0.2) is 26.4 Å². The van der Waals surface area contributed by atoms with Crippen LogP contribution in [0.25, 0.3) is 0 Å². The lowest BCUT2D eigenvalue weighted by Gasteiger charge is -2.31. The first-order valence-electron chi connectivity index (χ1n) is 6.58. The lowest BCUT2D eigenvalue weighted by Crippen LogP contribution is -2.30. The van der Waals surface area contributed by atoms with Gasteiger partial charge in [-0.15, -0.1) is 0 Å². The zero-order valence-corrected chi connectivity index (χ0v) is 13.2. The van der Waals surface area contributed by atoms with Crippen molar-refractivity contribution in [1.82, 2.24) is 9.88 Å². The van der Waals surface area contributed by atoms with Crippen molar-refractivity contribution in [1.29, 1.82) is 0 Å². The second-order valence-electron chi connectivity index (χ2n) is 5.01. The molecule has 2 heterocycles. The van der Waals surface area contributed by atoms with Crippen LogP contribution >= 0.6 is 23.2 Å². The summed E-state index contributed by atoms with van der Waals surface area (Å²) in [6.45, 7) is 2.32. The minimum Gasteiger partial charge on any atom is -0.504 e. The van der Waals surface area contributed by atoms with E-state index in [1.807, 2.05) is 19.1 Å². The van der Waals surface area contributed by atoms with Gasteiger partial charge in [-0.2, -0.15) is 0 Å². The number of benzene rings is 1. The second-order valence-corrected chi connectivity index (χ2v) is 5.82. The molecule has 2 N–H and O–H groups in total. The van der Waals surface area contributed by atoms with E-state index in [9.17, 15) is 10.2 Å². The molecule has 1 atom stereocenters. The van der Waals surface area contributed by atoms with Crippen molar-refractivity contribution in [2.45, 2.75) is 19.7 Å². The SMILES string of the molecule is Cc1cccnc1CN1C=Nc2c(O)c(Cl)cc(Cl)c2C1O. The van der Waals surface area contributed by atoms with Gasteiger partial charge in [-0.1, -0.05) is 29.3 Å². The van der Waals surface area contributed by atoms with Crippen LogP contribution in [0.5, 0.6) is 5.75 Å². The second kappa shape index (κ2) is 5.76. The van der Waals surface area contributed by atoms with Gasteiger partial charge in [0.2, 0.25) is 0 Å². The fourth-order valence-corrected chi connectivity index (χ4v) is 2.88. The Morgan fingerprint density at radius 2 is 2.09 bits per heavy atom. The number of fused-ring (bicyclic) bond motifs is 1. The Kier molecular flexibility index (Phi) is 3.95. The summed E-state index contributed by atoms with van der Waals surface area (Å²) in [6.07, 6.45) is 2.11. The van der Waals surface area contributed by atoms with E-state index in [-0.39, 0.29) is 21.5 Å². The molecular weight excluding hydrogens is 325 g/mol. The summed E-state index contributed by atoms with van der Waals surface area (Å²) in [5.41, 5.74) is 2.36. The summed E-state index contributed by atoms with van der Waals surface area (Å²) in [5, 5.41) is 20.9. The molecule has 114 valence electrons. The molecule has 1 unspecified atom stereocenters. The molecule has 22 heavy (non-hydrogen) atoms. The number of hydrogen-bond acceptors (Lipinski definition) is 5. The third-order valence-corrected chi connectivity index (χ3v) is 4.17. The van der Waals surface area contributed by atoms with Crippen molar-refractivity contribution in [3.05, 3.63) is 51.3 Å². The third kappa shape index (κ3) is 2.52. The first kappa shape index (κ1) is 15.1. The van der Waals surface area contributed by atoms with Crippen LogP contribution in [0.1, 0.15) is 23.0 Å². The quantitative estimate of drug-likeness (QED) is 0.878. The van der Waals surface area contributed by atoms with E-state index in [0.717, 1.165) is 11.3 Å². The van der Waals surface area contributed by atoms with Gasteiger partial charge in [-0.25, -0.2) is 4.99 Å². The highest BCUT2D eigenvalue weighted by Crippen LogP contribution is 2.46. The third-order valence-electron chi connectivity index (χ3n) is 3.57. The van der Waals surface area contributed by atoms with Gasteiger partial charge in [0.05, 0.1) is 28.6 Å². The van der Waals surface area contributed by atoms with E-state index in [0.29, 0.717) is 12.1 Å². The van der Waals surface area contributed by atoms with Crippen molar-refractivity contribution < 1.29 is 10.2 Å². The van der Waals surface area contributed by atoms with Gasteiger partial charge in [-0.05, 0) is 24.6 Å². The molecule has 0 bridgehead atoms. The minimum absolute atomic E-state index is 0.0992. The molecule has 2 aromatic rings. The van der Waals surface area contributed by atoms with Crippen LogP contribution in [0.15, 0.2) is 29.4 Å². The summed E-state index contributed by atoms with van der Waals surface area (Å²) in [6, 6.07) is 5.19. The highest BCUT2D eigenvalue weighted by Gasteiger charge is 2.29. The van der Waals surface area contributed by atoms with Gasteiger partial charge in [0, 0.05) is 11.8 Å². The topological polar surface area (TPSA) is 69.0 Å². The maximum Gasteiger partial charge on any atom is 0.160 e. The number of rotatable bonds is 2. The van der Waals surface area contributed by atoms with Gasteiger partial charge in [0.15, 0.2) is 12.0 Å². The largest absolute Gasteiger partial charge is 0.504 e. The minimum atomic E-state index is -1.04. The monoisotopic (exact) mass is 337 g/mol. The van der Waals surface area contributed by atoms with Gasteiger partial charge >= 0.3 is 0 Å². The Morgan fingerprint density at radius 3 is 2.82 bits per heavy atom. The predicted octanol–water partition coefficient (Wildman–Crippen LogP) is 3.57. The molecule has 0 fully saturated rings. The van der Waals surface area contributed by atoms with E-state index in [4.69, 9.17) is 23.2 Å². The molecule has 0 amide bonds. The maximum absolute atomic E-state index is 10.5. The predicted molar refractivity (Wildman–Crippen MR) is 85.8 cm³/mol. The number of aromatic hydroxyl groups is 1. The number of aliphatic hydroxyl groups excluding tert-OH is 1. The molecule has 0 aliphatic carbocycles. The standard InChI is InChI=1S/C15H13Cl2N3O2/c1-8-3-2-4-18-11(8)6-20-7-19-13-12(15(20)22)9(16)5-10(17)14(13)21/h2-5,7,15,21-22H,6H2,1H3. The zero-order valence-electron chi connectivity index (χ0n) is 11.7. The molecule has 7 heteroatoms. The van der Waals surface area contributed by atoms with E-state index >= 15 is 0 Å². The van der Waals surface area contributed by atoms with Crippen LogP contribution in [0.4, 0.5) is 5.69 Å². The molecular formula is C15H13Cl2N3O2. The fraction of sp³-hybridized carbons (Fsp3) is 0.200. The van der Waals surface area contributed by atoms with Crippen LogP contribution in [0.2, 0.25) is 10.0 Å². The fourth-order valence-electron chi connectivity index (χ4n) is 2.33. The number of aryl methyl sites for hydroxylation is 1. The van der Waals surface area contributed by atoms with Gasteiger partial charge in [0.25, 0.3) is 0 Å². The molecule has 1 aliphatic heterocycles. The van der Waals surface area contributed by atoms with Crippen LogP contribution in [0, 0.1) is 6.92 Å². The first-order chi connectivity index (χ1) is 10.5. The summed E-state index contributed by atoms with van der Waals surface area (Å²) >= 11 is 12.0. The smallest absolute Gasteiger partial charge is 0.160 e. The number of halogens is 2.